The number of fused-ring (bicyclic) bond motifs is 3. The van der Waals surface area contributed by atoms with Gasteiger partial charge >= 0.3 is 0 Å². The molecule has 2 heterocycles. The molecule has 3 aliphatic rings. The minimum atomic E-state index is -0.0868. The number of aliphatic hydroxyl groups is 1. The van der Waals surface area contributed by atoms with Gasteiger partial charge < -0.3 is 5.11 Å². The molecule has 1 aromatic carbocycles. The molecule has 2 saturated heterocycles. The maximum atomic E-state index is 10.0. The molecule has 1 N–H and O–H groups in total. The summed E-state index contributed by atoms with van der Waals surface area (Å²) in [4.78, 5) is 2.47. The number of hydrogen-bond acceptors (Lipinski definition) is 2. The van der Waals surface area contributed by atoms with Crippen LogP contribution in [0.15, 0.2) is 30.3 Å². The third kappa shape index (κ3) is 1.87. The number of hydrogen-bond donors (Lipinski definition) is 1. The van der Waals surface area contributed by atoms with Gasteiger partial charge in [-0.1, -0.05) is 30.3 Å². The van der Waals surface area contributed by atoms with Gasteiger partial charge in [-0.25, -0.2) is 0 Å². The molecule has 3 unspecified atom stereocenters. The molecular formula is C14H19NO. The minimum absolute atomic E-state index is 0.0868. The molecule has 16 heavy (non-hydrogen) atoms. The van der Waals surface area contributed by atoms with Gasteiger partial charge in [0.25, 0.3) is 0 Å². The van der Waals surface area contributed by atoms with Crippen molar-refractivity contribution in [3.8, 4) is 0 Å². The fourth-order valence-corrected chi connectivity index (χ4v) is 3.27. The zero-order chi connectivity index (χ0) is 11.0. The summed E-state index contributed by atoms with van der Waals surface area (Å²) in [6.07, 6.45) is 3.43. The molecule has 2 heteroatoms. The van der Waals surface area contributed by atoms with Crippen LogP contribution in [0.3, 0.4) is 0 Å². The van der Waals surface area contributed by atoms with Gasteiger partial charge in [0.15, 0.2) is 0 Å². The fraction of sp³-hybridized carbons (Fsp3) is 0.571. The van der Waals surface area contributed by atoms with Crippen LogP contribution in [-0.4, -0.2) is 28.7 Å². The van der Waals surface area contributed by atoms with Crippen molar-refractivity contribution in [1.82, 2.24) is 4.90 Å². The molecule has 2 aliphatic heterocycles. The molecule has 1 aliphatic carbocycles. The van der Waals surface area contributed by atoms with Crippen molar-refractivity contribution in [3.63, 3.8) is 0 Å². The van der Waals surface area contributed by atoms with Gasteiger partial charge in [0, 0.05) is 19.1 Å². The number of piperidine rings is 2. The van der Waals surface area contributed by atoms with Crippen LogP contribution in [0.4, 0.5) is 0 Å². The summed E-state index contributed by atoms with van der Waals surface area (Å²) in [6, 6.07) is 11.0. The summed E-state index contributed by atoms with van der Waals surface area (Å²) >= 11 is 0. The smallest absolute Gasteiger partial charge is 0.0698 e. The molecule has 0 aromatic heterocycles. The van der Waals surface area contributed by atoms with E-state index in [1.807, 2.05) is 0 Å². The predicted octanol–water partition coefficient (Wildman–Crippen LogP) is 2.03. The van der Waals surface area contributed by atoms with Gasteiger partial charge in [0.2, 0.25) is 0 Å². The summed E-state index contributed by atoms with van der Waals surface area (Å²) in [6.45, 7) is 2.18. The van der Waals surface area contributed by atoms with Crippen molar-refractivity contribution >= 4 is 0 Å². The number of nitrogens with zero attached hydrogens (tertiary/aromatic N) is 1. The molecule has 0 spiro atoms. The van der Waals surface area contributed by atoms with Crippen molar-refractivity contribution < 1.29 is 5.11 Å². The SMILES string of the molecule is OC1CC2CCC1N(Cc1ccccc1)C2. The van der Waals surface area contributed by atoms with E-state index in [0.717, 1.165) is 18.9 Å². The zero-order valence-corrected chi connectivity index (χ0v) is 9.55. The monoisotopic (exact) mass is 217 g/mol. The lowest BCUT2D eigenvalue weighted by Crippen LogP contribution is -2.55. The first kappa shape index (κ1) is 10.3. The van der Waals surface area contributed by atoms with Crippen LogP contribution in [0.2, 0.25) is 0 Å². The molecule has 0 amide bonds. The Morgan fingerprint density at radius 3 is 2.69 bits per heavy atom. The minimum Gasteiger partial charge on any atom is -0.391 e. The molecular weight excluding hydrogens is 198 g/mol. The molecule has 4 rings (SSSR count). The number of benzene rings is 1. The Bertz CT molecular complexity index is 351. The third-order valence-corrected chi connectivity index (χ3v) is 4.08. The quantitative estimate of drug-likeness (QED) is 0.819. The van der Waals surface area contributed by atoms with Crippen molar-refractivity contribution in [2.24, 2.45) is 5.92 Å². The highest BCUT2D eigenvalue weighted by atomic mass is 16.3. The van der Waals surface area contributed by atoms with E-state index in [1.54, 1.807) is 0 Å². The van der Waals surface area contributed by atoms with Gasteiger partial charge in [-0.3, -0.25) is 4.90 Å². The van der Waals surface area contributed by atoms with Crippen LogP contribution in [0, 0.1) is 5.92 Å². The second-order valence-corrected chi connectivity index (χ2v) is 5.23. The Balaban J connectivity index is 1.72. The highest BCUT2D eigenvalue weighted by Crippen LogP contribution is 2.35. The molecule has 1 saturated carbocycles. The summed E-state index contributed by atoms with van der Waals surface area (Å²) in [5.74, 6) is 0.726. The van der Waals surface area contributed by atoms with E-state index in [1.165, 1.54) is 24.9 Å². The van der Waals surface area contributed by atoms with E-state index < -0.39 is 0 Å². The second kappa shape index (κ2) is 4.19. The van der Waals surface area contributed by atoms with Crippen LogP contribution >= 0.6 is 0 Å². The standard InChI is InChI=1S/C14H19NO/c16-14-8-12-6-7-13(14)15(10-12)9-11-4-2-1-3-5-11/h1-5,12-14,16H,6-10H2. The molecule has 2 nitrogen and oxygen atoms in total. The number of rotatable bonds is 2. The first-order valence-electron chi connectivity index (χ1n) is 6.29. The van der Waals surface area contributed by atoms with Gasteiger partial charge in [-0.15, -0.1) is 0 Å². The largest absolute Gasteiger partial charge is 0.391 e. The Labute approximate surface area is 96.9 Å². The van der Waals surface area contributed by atoms with E-state index >= 15 is 0 Å². The predicted molar refractivity (Wildman–Crippen MR) is 64.0 cm³/mol. The van der Waals surface area contributed by atoms with Crippen molar-refractivity contribution in [2.75, 3.05) is 6.54 Å². The second-order valence-electron chi connectivity index (χ2n) is 5.23. The zero-order valence-electron chi connectivity index (χ0n) is 9.55. The third-order valence-electron chi connectivity index (χ3n) is 4.08. The Morgan fingerprint density at radius 2 is 2.00 bits per heavy atom. The van der Waals surface area contributed by atoms with Gasteiger partial charge in [0.05, 0.1) is 6.10 Å². The average Bonchev–Trinajstić information content (AvgIpc) is 2.30. The van der Waals surface area contributed by atoms with E-state index in [2.05, 4.69) is 35.2 Å². The Hall–Kier alpha value is -0.860. The maximum Gasteiger partial charge on any atom is 0.0698 e. The lowest BCUT2D eigenvalue weighted by Gasteiger charge is -2.48. The highest BCUT2D eigenvalue weighted by Gasteiger charge is 2.39. The topological polar surface area (TPSA) is 23.5 Å². The summed E-state index contributed by atoms with van der Waals surface area (Å²) in [7, 11) is 0. The number of aliphatic hydroxyl groups excluding tert-OH is 1. The van der Waals surface area contributed by atoms with Crippen LogP contribution in [0.5, 0.6) is 0 Å². The maximum absolute atomic E-state index is 10.0. The molecule has 86 valence electrons. The molecule has 0 radical (unpaired) electrons. The summed E-state index contributed by atoms with van der Waals surface area (Å²) in [5.41, 5.74) is 1.36. The van der Waals surface area contributed by atoms with E-state index in [-0.39, 0.29) is 6.10 Å². The first-order chi connectivity index (χ1) is 7.83. The van der Waals surface area contributed by atoms with Crippen LogP contribution in [0.25, 0.3) is 0 Å². The average molecular weight is 217 g/mol. The first-order valence-corrected chi connectivity index (χ1v) is 6.29. The molecule has 3 fully saturated rings. The van der Waals surface area contributed by atoms with Crippen LogP contribution in [0.1, 0.15) is 24.8 Å². The summed E-state index contributed by atoms with van der Waals surface area (Å²) < 4.78 is 0. The van der Waals surface area contributed by atoms with Crippen molar-refractivity contribution in [1.29, 1.82) is 0 Å². The van der Waals surface area contributed by atoms with Crippen LogP contribution < -0.4 is 0 Å². The van der Waals surface area contributed by atoms with Gasteiger partial charge in [0.1, 0.15) is 0 Å². The molecule has 2 bridgehead atoms. The Kier molecular flexibility index (Phi) is 2.70. The highest BCUT2D eigenvalue weighted by molar-refractivity contribution is 5.15. The van der Waals surface area contributed by atoms with Gasteiger partial charge in [-0.05, 0) is 30.7 Å². The van der Waals surface area contributed by atoms with Crippen molar-refractivity contribution in [3.05, 3.63) is 35.9 Å². The van der Waals surface area contributed by atoms with E-state index in [4.69, 9.17) is 0 Å². The lowest BCUT2D eigenvalue weighted by molar-refractivity contribution is -0.0582. The fourth-order valence-electron chi connectivity index (χ4n) is 3.27. The Morgan fingerprint density at radius 1 is 1.19 bits per heavy atom. The summed E-state index contributed by atoms with van der Waals surface area (Å²) in [5, 5.41) is 10.0. The van der Waals surface area contributed by atoms with E-state index in [0.29, 0.717) is 6.04 Å². The van der Waals surface area contributed by atoms with Crippen LogP contribution in [-0.2, 0) is 6.54 Å². The normalized spacial score (nSPS) is 34.2. The molecule has 3 atom stereocenters. The van der Waals surface area contributed by atoms with Crippen molar-refractivity contribution in [2.45, 2.75) is 38.0 Å². The van der Waals surface area contributed by atoms with E-state index in [9.17, 15) is 5.11 Å². The lowest BCUT2D eigenvalue weighted by atomic mass is 9.78. The van der Waals surface area contributed by atoms with Gasteiger partial charge in [-0.2, -0.15) is 0 Å². The molecule has 1 aromatic rings.